The Kier molecular flexibility index (Phi) is 6.31. The minimum absolute atomic E-state index is 0.632. The van der Waals surface area contributed by atoms with Crippen molar-refractivity contribution in [3.05, 3.63) is 205 Å². The smallest absolute Gasteiger partial charge is 0.227 e. The fourth-order valence-corrected chi connectivity index (χ4v) is 9.82. The molecule has 0 bridgehead atoms. The molecule has 0 spiro atoms. The first kappa shape index (κ1) is 31.4. The first-order chi connectivity index (χ1) is 28.7. The van der Waals surface area contributed by atoms with Gasteiger partial charge in [0.1, 0.15) is 22.3 Å². The Balaban J connectivity index is 1.16. The van der Waals surface area contributed by atoms with Crippen molar-refractivity contribution in [1.82, 2.24) is 9.97 Å². The summed E-state index contributed by atoms with van der Waals surface area (Å²) in [4.78, 5) is 9.01. The summed E-state index contributed by atoms with van der Waals surface area (Å²) < 4.78 is 19.3. The normalized spacial score (nSPS) is 13.3. The van der Waals surface area contributed by atoms with Gasteiger partial charge in [-0.15, -0.1) is 0 Å². The van der Waals surface area contributed by atoms with E-state index in [0.29, 0.717) is 11.4 Å². The third-order valence-corrected chi connectivity index (χ3v) is 12.3. The van der Waals surface area contributed by atoms with Crippen LogP contribution in [0.5, 0.6) is 0 Å². The van der Waals surface area contributed by atoms with Gasteiger partial charge in [0.25, 0.3) is 0 Å². The summed E-state index contributed by atoms with van der Waals surface area (Å²) >= 11 is 0. The Morgan fingerprint density at radius 2 is 0.931 bits per heavy atom. The number of nitrogens with zero attached hydrogens (tertiary/aromatic N) is 2. The predicted molar refractivity (Wildman–Crippen MR) is 232 cm³/mol. The Morgan fingerprint density at radius 3 is 1.62 bits per heavy atom. The SMILES string of the molecule is c1ccc(C2(c3ccccc3)c3cc(-c4ccc5oc6ncccc6c5c4)ccc3-c3c2cc(-c2ccc4oc5ncccc5c4c2)c2oc4ccccc4c32)cc1. The van der Waals surface area contributed by atoms with E-state index in [1.165, 1.54) is 33.4 Å². The van der Waals surface area contributed by atoms with Crippen molar-refractivity contribution < 1.29 is 13.3 Å². The van der Waals surface area contributed by atoms with Gasteiger partial charge in [-0.25, -0.2) is 9.97 Å². The van der Waals surface area contributed by atoms with E-state index in [1.54, 1.807) is 12.4 Å². The van der Waals surface area contributed by atoms with Gasteiger partial charge in [-0.05, 0) is 117 Å². The molecule has 12 aromatic rings. The summed E-state index contributed by atoms with van der Waals surface area (Å²) in [6, 6.07) is 60.8. The van der Waals surface area contributed by atoms with Crippen molar-refractivity contribution in [2.75, 3.05) is 0 Å². The van der Waals surface area contributed by atoms with Crippen LogP contribution in [0.3, 0.4) is 0 Å². The maximum Gasteiger partial charge on any atom is 0.227 e. The highest BCUT2D eigenvalue weighted by Gasteiger charge is 2.48. The van der Waals surface area contributed by atoms with Crippen LogP contribution < -0.4 is 0 Å². The standard InChI is InChI=1S/C53H30N2O3/c1-3-11-34(12-4-1)53(35-13-5-2-6-14-35)43-29-32(31-20-23-46-41(27-31)36-16-9-25-54-51(36)57-46)19-22-38(43)48-44(53)30-40(50-49(48)39-15-7-8-18-45(39)56-50)33-21-24-47-42(28-33)37-17-10-26-55-52(37)58-47/h1-30H. The van der Waals surface area contributed by atoms with E-state index in [4.69, 9.17) is 13.3 Å². The first-order valence-corrected chi connectivity index (χ1v) is 19.5. The second kappa shape index (κ2) is 11.6. The van der Waals surface area contributed by atoms with Crippen molar-refractivity contribution in [3.63, 3.8) is 0 Å². The number of pyridine rings is 2. The van der Waals surface area contributed by atoms with E-state index in [9.17, 15) is 0 Å². The molecule has 5 heterocycles. The number of rotatable bonds is 4. The van der Waals surface area contributed by atoms with Crippen LogP contribution in [0.25, 0.3) is 99.5 Å². The average Bonchev–Trinajstić information content (AvgIpc) is 4.04. The molecule has 5 aromatic heterocycles. The fourth-order valence-electron chi connectivity index (χ4n) is 9.82. The second-order valence-electron chi connectivity index (χ2n) is 15.2. The predicted octanol–water partition coefficient (Wildman–Crippen LogP) is 13.9. The van der Waals surface area contributed by atoms with Gasteiger partial charge in [0.05, 0.1) is 5.41 Å². The third-order valence-electron chi connectivity index (χ3n) is 12.3. The minimum Gasteiger partial charge on any atom is -0.455 e. The number of hydrogen-bond acceptors (Lipinski definition) is 5. The lowest BCUT2D eigenvalue weighted by molar-refractivity contribution is 0.653. The molecule has 0 fully saturated rings. The Bertz CT molecular complexity index is 3590. The van der Waals surface area contributed by atoms with Crippen LogP contribution in [0.4, 0.5) is 0 Å². The van der Waals surface area contributed by atoms with E-state index in [0.717, 1.165) is 76.9 Å². The zero-order valence-electron chi connectivity index (χ0n) is 30.9. The Labute approximate surface area is 331 Å². The lowest BCUT2D eigenvalue weighted by atomic mass is 9.67. The topological polar surface area (TPSA) is 65.2 Å². The highest BCUT2D eigenvalue weighted by Crippen LogP contribution is 2.60. The van der Waals surface area contributed by atoms with Crippen molar-refractivity contribution >= 4 is 66.1 Å². The van der Waals surface area contributed by atoms with E-state index in [2.05, 4.69) is 168 Å². The largest absolute Gasteiger partial charge is 0.455 e. The summed E-state index contributed by atoms with van der Waals surface area (Å²) in [5, 5.41) is 6.28. The summed E-state index contributed by atoms with van der Waals surface area (Å²) in [6.45, 7) is 0. The van der Waals surface area contributed by atoms with Crippen molar-refractivity contribution in [1.29, 1.82) is 0 Å². The molecule has 0 radical (unpaired) electrons. The summed E-state index contributed by atoms with van der Waals surface area (Å²) in [5.41, 5.74) is 15.5. The molecule has 5 heteroatoms. The van der Waals surface area contributed by atoms with Gasteiger partial charge < -0.3 is 13.3 Å². The van der Waals surface area contributed by atoms with Gasteiger partial charge in [-0.3, -0.25) is 0 Å². The van der Waals surface area contributed by atoms with Crippen LogP contribution >= 0.6 is 0 Å². The lowest BCUT2D eigenvalue weighted by Crippen LogP contribution is -2.28. The molecule has 0 atom stereocenters. The zero-order valence-corrected chi connectivity index (χ0v) is 30.9. The molecule has 0 saturated carbocycles. The minimum atomic E-state index is -0.669. The zero-order chi connectivity index (χ0) is 38.0. The molecule has 1 aliphatic rings. The molecule has 13 rings (SSSR count). The van der Waals surface area contributed by atoms with Gasteiger partial charge in [0.15, 0.2) is 0 Å². The maximum absolute atomic E-state index is 6.95. The van der Waals surface area contributed by atoms with E-state index in [-0.39, 0.29) is 0 Å². The van der Waals surface area contributed by atoms with E-state index >= 15 is 0 Å². The Morgan fingerprint density at radius 1 is 0.379 bits per heavy atom. The summed E-state index contributed by atoms with van der Waals surface area (Å²) in [6.07, 6.45) is 3.55. The monoisotopic (exact) mass is 742 g/mol. The molecule has 0 amide bonds. The van der Waals surface area contributed by atoms with Crippen molar-refractivity contribution in [2.24, 2.45) is 0 Å². The Hall–Kier alpha value is -7.76. The van der Waals surface area contributed by atoms with E-state index < -0.39 is 5.41 Å². The molecule has 0 unspecified atom stereocenters. The van der Waals surface area contributed by atoms with Crippen LogP contribution in [0.15, 0.2) is 196 Å². The molecule has 0 aliphatic heterocycles. The summed E-state index contributed by atoms with van der Waals surface area (Å²) in [5.74, 6) is 0. The molecule has 0 saturated heterocycles. The van der Waals surface area contributed by atoms with Crippen LogP contribution in [0, 0.1) is 0 Å². The van der Waals surface area contributed by atoms with Gasteiger partial charge in [-0.2, -0.15) is 0 Å². The third kappa shape index (κ3) is 4.19. The highest BCUT2D eigenvalue weighted by molar-refractivity contribution is 6.20. The quantitative estimate of drug-likeness (QED) is 0.180. The van der Waals surface area contributed by atoms with Crippen LogP contribution in [0.1, 0.15) is 22.3 Å². The van der Waals surface area contributed by atoms with Gasteiger partial charge >= 0.3 is 0 Å². The van der Waals surface area contributed by atoms with Gasteiger partial charge in [0.2, 0.25) is 11.4 Å². The van der Waals surface area contributed by atoms with Gasteiger partial charge in [-0.1, -0.05) is 103 Å². The molecule has 0 N–H and O–H groups in total. The number of benzene rings is 7. The molecular formula is C53H30N2O3. The number of hydrogen-bond donors (Lipinski definition) is 0. The molecule has 5 nitrogen and oxygen atoms in total. The first-order valence-electron chi connectivity index (χ1n) is 19.5. The number of furan rings is 3. The number of para-hydroxylation sites is 1. The summed E-state index contributed by atoms with van der Waals surface area (Å²) in [7, 11) is 0. The van der Waals surface area contributed by atoms with Crippen molar-refractivity contribution in [2.45, 2.75) is 5.41 Å². The number of aromatic nitrogens is 2. The lowest BCUT2D eigenvalue weighted by Gasteiger charge is -2.34. The average molecular weight is 743 g/mol. The van der Waals surface area contributed by atoms with Crippen LogP contribution in [-0.4, -0.2) is 9.97 Å². The second-order valence-corrected chi connectivity index (χ2v) is 15.2. The van der Waals surface area contributed by atoms with Gasteiger partial charge in [0, 0.05) is 50.3 Å². The molecule has 270 valence electrons. The fraction of sp³-hybridized carbons (Fsp3) is 0.0189. The highest BCUT2D eigenvalue weighted by atomic mass is 16.3. The van der Waals surface area contributed by atoms with Crippen LogP contribution in [0.2, 0.25) is 0 Å². The number of fused-ring (bicyclic) bond motifs is 13. The van der Waals surface area contributed by atoms with Crippen molar-refractivity contribution in [3.8, 4) is 33.4 Å². The van der Waals surface area contributed by atoms with E-state index in [1.807, 2.05) is 12.1 Å². The molecule has 7 aromatic carbocycles. The molecule has 1 aliphatic carbocycles. The molecule has 58 heavy (non-hydrogen) atoms. The molecular weight excluding hydrogens is 713 g/mol. The van der Waals surface area contributed by atoms with Crippen LogP contribution in [-0.2, 0) is 5.41 Å². The maximum atomic E-state index is 6.95.